The summed E-state index contributed by atoms with van der Waals surface area (Å²) in [6.45, 7) is 4.74. The Bertz CT molecular complexity index is 634. The van der Waals surface area contributed by atoms with E-state index in [1.54, 1.807) is 12.4 Å². The maximum atomic E-state index is 6.20. The van der Waals surface area contributed by atoms with Crippen molar-refractivity contribution in [1.29, 1.82) is 0 Å². The first-order valence-corrected chi connectivity index (χ1v) is 8.19. The number of nitrogens with zero attached hydrogens (tertiary/aromatic N) is 4. The van der Waals surface area contributed by atoms with E-state index in [1.807, 2.05) is 19.2 Å². The lowest BCUT2D eigenvalue weighted by molar-refractivity contribution is 0.203. The molecule has 2 aromatic rings. The Balaban J connectivity index is 1.62. The molecule has 2 aromatic heterocycles. The van der Waals surface area contributed by atoms with E-state index in [2.05, 4.69) is 19.9 Å². The number of aryl methyl sites for hydroxylation is 1. The molecule has 22 heavy (non-hydrogen) atoms. The fourth-order valence-electron chi connectivity index (χ4n) is 2.90. The number of rotatable bonds is 3. The smallest absolute Gasteiger partial charge is 0.125 e. The highest BCUT2D eigenvalue weighted by atomic mass is 35.5. The summed E-state index contributed by atoms with van der Waals surface area (Å²) in [5.74, 6) is 1.36. The van der Waals surface area contributed by atoms with E-state index in [9.17, 15) is 0 Å². The Kier molecular flexibility index (Phi) is 4.91. The summed E-state index contributed by atoms with van der Waals surface area (Å²) in [5, 5.41) is 1.28. The van der Waals surface area contributed by atoms with Crippen LogP contribution in [0.2, 0.25) is 10.0 Å². The van der Waals surface area contributed by atoms with E-state index in [4.69, 9.17) is 23.2 Å². The first kappa shape index (κ1) is 15.7. The molecule has 0 bridgehead atoms. The van der Waals surface area contributed by atoms with E-state index in [1.165, 1.54) is 0 Å². The molecule has 0 aliphatic carbocycles. The van der Waals surface area contributed by atoms with Gasteiger partial charge in [-0.05, 0) is 38.9 Å². The van der Waals surface area contributed by atoms with Gasteiger partial charge in [0.2, 0.25) is 0 Å². The molecular weight excluding hydrogens is 319 g/mol. The minimum absolute atomic E-state index is 0.515. The van der Waals surface area contributed by atoms with Crippen LogP contribution in [-0.2, 0) is 6.54 Å². The molecule has 0 aromatic carbocycles. The van der Waals surface area contributed by atoms with Crippen LogP contribution in [-0.4, -0.2) is 32.9 Å². The van der Waals surface area contributed by atoms with Gasteiger partial charge in [-0.1, -0.05) is 23.2 Å². The van der Waals surface area contributed by atoms with Crippen molar-refractivity contribution >= 4 is 23.2 Å². The van der Waals surface area contributed by atoms with Crippen LogP contribution < -0.4 is 0 Å². The molecule has 1 aliphatic heterocycles. The average Bonchev–Trinajstić information content (AvgIpc) is 2.52. The fraction of sp³-hybridized carbons (Fsp3) is 0.438. The van der Waals surface area contributed by atoms with Gasteiger partial charge < -0.3 is 0 Å². The number of piperidine rings is 1. The van der Waals surface area contributed by atoms with Gasteiger partial charge in [-0.3, -0.25) is 9.88 Å². The predicted molar refractivity (Wildman–Crippen MR) is 88.3 cm³/mol. The van der Waals surface area contributed by atoms with Gasteiger partial charge in [0.1, 0.15) is 5.82 Å². The van der Waals surface area contributed by atoms with Crippen molar-refractivity contribution < 1.29 is 0 Å². The second-order valence-electron chi connectivity index (χ2n) is 5.66. The highest BCUT2D eigenvalue weighted by Gasteiger charge is 2.22. The van der Waals surface area contributed by atoms with Crippen molar-refractivity contribution in [3.8, 4) is 0 Å². The van der Waals surface area contributed by atoms with Crippen molar-refractivity contribution in [2.75, 3.05) is 13.1 Å². The third-order valence-electron chi connectivity index (χ3n) is 4.14. The maximum Gasteiger partial charge on any atom is 0.125 e. The summed E-state index contributed by atoms with van der Waals surface area (Å²) in [5.41, 5.74) is 2.13. The number of pyridine rings is 1. The molecule has 1 fully saturated rings. The van der Waals surface area contributed by atoms with Gasteiger partial charge in [0.15, 0.2) is 0 Å². The van der Waals surface area contributed by atoms with E-state index < -0.39 is 0 Å². The predicted octanol–water partition coefficient (Wildman–Crippen LogP) is 3.87. The zero-order chi connectivity index (χ0) is 15.5. The molecule has 1 saturated heterocycles. The summed E-state index contributed by atoms with van der Waals surface area (Å²) in [6.07, 6.45) is 7.34. The summed E-state index contributed by atoms with van der Waals surface area (Å²) >= 11 is 12.4. The number of likely N-dealkylation sites (tertiary alicyclic amines) is 1. The Hall–Kier alpha value is -1.23. The Morgan fingerprint density at radius 2 is 1.86 bits per heavy atom. The summed E-state index contributed by atoms with van der Waals surface area (Å²) < 4.78 is 0. The van der Waals surface area contributed by atoms with Gasteiger partial charge in [0.25, 0.3) is 0 Å². The average molecular weight is 337 g/mol. The number of aromatic nitrogens is 3. The van der Waals surface area contributed by atoms with Gasteiger partial charge in [0, 0.05) is 42.3 Å². The largest absolute Gasteiger partial charge is 0.299 e. The molecule has 0 saturated carbocycles. The molecule has 0 unspecified atom stereocenters. The quantitative estimate of drug-likeness (QED) is 0.853. The standard InChI is InChI=1S/C16H18Cl2N4/c1-11-20-5-2-16(21-11)12-3-6-22(7-4-12)10-13-14(17)8-19-9-15(13)18/h2,5,8-9,12H,3-4,6-7,10H2,1H3. The van der Waals surface area contributed by atoms with Crippen LogP contribution in [0.25, 0.3) is 0 Å². The lowest BCUT2D eigenvalue weighted by Crippen LogP contribution is -2.33. The molecule has 3 rings (SSSR count). The van der Waals surface area contributed by atoms with Gasteiger partial charge in [-0.25, -0.2) is 9.97 Å². The molecule has 4 nitrogen and oxygen atoms in total. The molecule has 0 spiro atoms. The Morgan fingerprint density at radius 1 is 1.18 bits per heavy atom. The van der Waals surface area contributed by atoms with Crippen molar-refractivity contribution in [1.82, 2.24) is 19.9 Å². The minimum atomic E-state index is 0.515. The second-order valence-corrected chi connectivity index (χ2v) is 6.48. The van der Waals surface area contributed by atoms with Gasteiger partial charge in [-0.15, -0.1) is 0 Å². The van der Waals surface area contributed by atoms with Crippen molar-refractivity contribution in [2.24, 2.45) is 0 Å². The third-order valence-corrected chi connectivity index (χ3v) is 4.79. The topological polar surface area (TPSA) is 41.9 Å². The highest BCUT2D eigenvalue weighted by molar-refractivity contribution is 6.35. The zero-order valence-electron chi connectivity index (χ0n) is 12.5. The number of hydrogen-bond donors (Lipinski definition) is 0. The molecule has 1 aliphatic rings. The van der Waals surface area contributed by atoms with Crippen molar-refractivity contribution in [2.45, 2.75) is 32.2 Å². The Morgan fingerprint density at radius 3 is 2.50 bits per heavy atom. The highest BCUT2D eigenvalue weighted by Crippen LogP contribution is 2.30. The third kappa shape index (κ3) is 3.57. The molecule has 0 amide bonds. The van der Waals surface area contributed by atoms with Crippen LogP contribution in [0.4, 0.5) is 0 Å². The van der Waals surface area contributed by atoms with Crippen LogP contribution in [0.5, 0.6) is 0 Å². The molecule has 116 valence electrons. The molecule has 0 atom stereocenters. The van der Waals surface area contributed by atoms with Gasteiger partial charge in [0.05, 0.1) is 10.0 Å². The molecule has 6 heteroatoms. The Labute approximate surface area is 140 Å². The van der Waals surface area contributed by atoms with E-state index in [-0.39, 0.29) is 0 Å². The maximum absolute atomic E-state index is 6.20. The summed E-state index contributed by atoms with van der Waals surface area (Å²) in [7, 11) is 0. The van der Waals surface area contributed by atoms with Crippen LogP contribution in [0, 0.1) is 6.92 Å². The van der Waals surface area contributed by atoms with E-state index in [0.29, 0.717) is 16.0 Å². The normalized spacial score (nSPS) is 16.9. The fourth-order valence-corrected chi connectivity index (χ4v) is 3.39. The lowest BCUT2D eigenvalue weighted by atomic mass is 9.93. The first-order chi connectivity index (χ1) is 10.6. The van der Waals surface area contributed by atoms with Crippen LogP contribution in [0.3, 0.4) is 0 Å². The van der Waals surface area contributed by atoms with Gasteiger partial charge >= 0.3 is 0 Å². The van der Waals surface area contributed by atoms with Crippen molar-refractivity contribution in [3.05, 3.63) is 51.8 Å². The van der Waals surface area contributed by atoms with Crippen molar-refractivity contribution in [3.63, 3.8) is 0 Å². The molecule has 0 N–H and O–H groups in total. The van der Waals surface area contributed by atoms with Crippen LogP contribution >= 0.6 is 23.2 Å². The number of hydrogen-bond acceptors (Lipinski definition) is 4. The SMILES string of the molecule is Cc1nccc(C2CCN(Cc3c(Cl)cncc3Cl)CC2)n1. The molecule has 3 heterocycles. The first-order valence-electron chi connectivity index (χ1n) is 7.43. The van der Waals surface area contributed by atoms with E-state index >= 15 is 0 Å². The van der Waals surface area contributed by atoms with Crippen LogP contribution in [0.1, 0.15) is 35.8 Å². The van der Waals surface area contributed by atoms with E-state index in [0.717, 1.165) is 49.6 Å². The molecular formula is C16H18Cl2N4. The summed E-state index contributed by atoms with van der Waals surface area (Å²) in [6, 6.07) is 2.03. The number of halogens is 2. The zero-order valence-corrected chi connectivity index (χ0v) is 14.0. The molecule has 0 radical (unpaired) electrons. The van der Waals surface area contributed by atoms with Gasteiger partial charge in [-0.2, -0.15) is 0 Å². The summed E-state index contributed by atoms with van der Waals surface area (Å²) in [4.78, 5) is 15.1. The van der Waals surface area contributed by atoms with Crippen LogP contribution in [0.15, 0.2) is 24.7 Å². The monoisotopic (exact) mass is 336 g/mol. The minimum Gasteiger partial charge on any atom is -0.299 e. The lowest BCUT2D eigenvalue weighted by Gasteiger charge is -2.32. The second kappa shape index (κ2) is 6.90.